The quantitative estimate of drug-likeness (QED) is 0.380. The van der Waals surface area contributed by atoms with E-state index in [4.69, 9.17) is 0 Å². The average molecular weight is 425 g/mol. The summed E-state index contributed by atoms with van der Waals surface area (Å²) in [7, 11) is 3.90. The molecule has 2 N–H and O–H groups in total. The number of benzene rings is 1. The zero-order valence-corrected chi connectivity index (χ0v) is 17.8. The van der Waals surface area contributed by atoms with Crippen LogP contribution in [0, 0.1) is 16.0 Å². The van der Waals surface area contributed by atoms with E-state index in [9.17, 15) is 14.9 Å². The van der Waals surface area contributed by atoms with Crippen molar-refractivity contribution in [2.75, 3.05) is 30.9 Å². The third-order valence-corrected chi connectivity index (χ3v) is 5.38. The van der Waals surface area contributed by atoms with Crippen LogP contribution in [0.1, 0.15) is 31.2 Å². The minimum absolute atomic E-state index is 0.0312. The molecule has 1 fully saturated rings. The van der Waals surface area contributed by atoms with Crippen molar-refractivity contribution in [1.29, 1.82) is 0 Å². The smallest absolute Gasteiger partial charge is 0.269 e. The van der Waals surface area contributed by atoms with Crippen LogP contribution in [0.5, 0.6) is 0 Å². The van der Waals surface area contributed by atoms with E-state index in [0.29, 0.717) is 24.5 Å². The molecule has 0 aliphatic heterocycles. The van der Waals surface area contributed by atoms with Gasteiger partial charge in [0.25, 0.3) is 5.69 Å². The van der Waals surface area contributed by atoms with Gasteiger partial charge in [-0.25, -0.2) is 4.98 Å². The molecule has 0 unspecified atom stereocenters. The summed E-state index contributed by atoms with van der Waals surface area (Å²) >= 11 is 0. The summed E-state index contributed by atoms with van der Waals surface area (Å²) in [6.07, 6.45) is 8.94. The standard InChI is InChI=1S/C22H28N6O3/c1-27(2)20-13-14-23-22(26-20)25-18-8-3-17(4-9-18)15-24-21(29)12-7-16-5-10-19(11-6-16)28(30)31/h5-7,10-14,17-18H,3-4,8-9,15H2,1-2H3,(H,24,29)(H,23,25,26)/t17-,18+. The highest BCUT2D eigenvalue weighted by Gasteiger charge is 2.22. The Morgan fingerprint density at radius 2 is 1.90 bits per heavy atom. The first-order valence-electron chi connectivity index (χ1n) is 10.4. The summed E-state index contributed by atoms with van der Waals surface area (Å²) in [5.74, 6) is 1.81. The summed E-state index contributed by atoms with van der Waals surface area (Å²) in [4.78, 5) is 33.1. The lowest BCUT2D eigenvalue weighted by Gasteiger charge is -2.29. The summed E-state index contributed by atoms with van der Waals surface area (Å²) in [5.41, 5.74) is 0.775. The van der Waals surface area contributed by atoms with E-state index >= 15 is 0 Å². The van der Waals surface area contributed by atoms with Crippen molar-refractivity contribution in [2.45, 2.75) is 31.7 Å². The molecule has 164 valence electrons. The maximum atomic E-state index is 12.1. The van der Waals surface area contributed by atoms with E-state index in [1.165, 1.54) is 18.2 Å². The molecule has 9 nitrogen and oxygen atoms in total. The van der Waals surface area contributed by atoms with Crippen molar-refractivity contribution in [1.82, 2.24) is 15.3 Å². The second kappa shape index (κ2) is 10.5. The Bertz CT molecular complexity index is 921. The number of carbonyl (C=O) groups excluding carboxylic acids is 1. The lowest BCUT2D eigenvalue weighted by Crippen LogP contribution is -2.33. The molecule has 1 aromatic carbocycles. The lowest BCUT2D eigenvalue weighted by molar-refractivity contribution is -0.384. The molecule has 1 saturated carbocycles. The van der Waals surface area contributed by atoms with Crippen molar-refractivity contribution in [3.63, 3.8) is 0 Å². The van der Waals surface area contributed by atoms with Gasteiger partial charge in [-0.2, -0.15) is 4.98 Å². The molecule has 0 bridgehead atoms. The van der Waals surface area contributed by atoms with Crippen molar-refractivity contribution < 1.29 is 9.72 Å². The van der Waals surface area contributed by atoms with Crippen LogP contribution < -0.4 is 15.5 Å². The number of hydrogen-bond acceptors (Lipinski definition) is 7. The molecule has 9 heteroatoms. The Morgan fingerprint density at radius 3 is 2.55 bits per heavy atom. The van der Waals surface area contributed by atoms with Crippen LogP contribution in [0.4, 0.5) is 17.5 Å². The molecule has 0 radical (unpaired) electrons. The maximum Gasteiger partial charge on any atom is 0.269 e. The first-order chi connectivity index (χ1) is 14.9. The number of hydrogen-bond donors (Lipinski definition) is 2. The normalized spacial score (nSPS) is 18.5. The molecule has 0 atom stereocenters. The fraction of sp³-hybridized carbons (Fsp3) is 0.409. The number of carbonyl (C=O) groups is 1. The molecule has 31 heavy (non-hydrogen) atoms. The molecule has 0 saturated heterocycles. The van der Waals surface area contributed by atoms with E-state index < -0.39 is 4.92 Å². The maximum absolute atomic E-state index is 12.1. The molecule has 1 heterocycles. The summed E-state index contributed by atoms with van der Waals surface area (Å²) in [5, 5.41) is 17.0. The van der Waals surface area contributed by atoms with Gasteiger partial charge in [-0.1, -0.05) is 0 Å². The van der Waals surface area contributed by atoms with Crippen LogP contribution >= 0.6 is 0 Å². The zero-order chi connectivity index (χ0) is 22.2. The van der Waals surface area contributed by atoms with E-state index in [0.717, 1.165) is 37.1 Å². The molecule has 3 rings (SSSR count). The molecule has 2 aromatic rings. The fourth-order valence-electron chi connectivity index (χ4n) is 3.54. The van der Waals surface area contributed by atoms with E-state index in [1.54, 1.807) is 24.4 Å². The van der Waals surface area contributed by atoms with Gasteiger partial charge in [0.2, 0.25) is 11.9 Å². The predicted molar refractivity (Wildman–Crippen MR) is 121 cm³/mol. The van der Waals surface area contributed by atoms with E-state index in [-0.39, 0.29) is 11.6 Å². The Morgan fingerprint density at radius 1 is 1.19 bits per heavy atom. The van der Waals surface area contributed by atoms with E-state index in [2.05, 4.69) is 20.6 Å². The SMILES string of the molecule is CN(C)c1ccnc(N[C@H]2CC[C@@H](CNC(=O)C=Cc3ccc([N+](=O)[O-])cc3)CC2)n1. The second-order valence-electron chi connectivity index (χ2n) is 7.92. The summed E-state index contributed by atoms with van der Waals surface area (Å²) in [6.45, 7) is 0.642. The minimum atomic E-state index is -0.446. The number of rotatable bonds is 8. The number of aromatic nitrogens is 2. The number of nitrogens with zero attached hydrogens (tertiary/aromatic N) is 4. The Kier molecular flexibility index (Phi) is 7.53. The lowest BCUT2D eigenvalue weighted by atomic mass is 9.86. The van der Waals surface area contributed by atoms with Crippen molar-refractivity contribution in [3.8, 4) is 0 Å². The van der Waals surface area contributed by atoms with Gasteiger partial charge in [0.05, 0.1) is 4.92 Å². The Balaban J connectivity index is 1.39. The van der Waals surface area contributed by atoms with Gasteiger partial charge in [-0.05, 0) is 61.4 Å². The highest BCUT2D eigenvalue weighted by molar-refractivity contribution is 5.91. The average Bonchev–Trinajstić information content (AvgIpc) is 2.77. The van der Waals surface area contributed by atoms with Gasteiger partial charge < -0.3 is 15.5 Å². The van der Waals surface area contributed by atoms with Gasteiger partial charge in [-0.3, -0.25) is 14.9 Å². The van der Waals surface area contributed by atoms with Crippen LogP contribution in [-0.4, -0.2) is 47.5 Å². The number of amides is 1. The zero-order valence-electron chi connectivity index (χ0n) is 17.8. The first kappa shape index (κ1) is 22.2. The predicted octanol–water partition coefficient (Wildman–Crippen LogP) is 3.25. The third kappa shape index (κ3) is 6.77. The van der Waals surface area contributed by atoms with Crippen LogP contribution in [0.2, 0.25) is 0 Å². The van der Waals surface area contributed by atoms with Gasteiger partial charge in [0.1, 0.15) is 5.82 Å². The van der Waals surface area contributed by atoms with Crippen LogP contribution in [-0.2, 0) is 4.79 Å². The third-order valence-electron chi connectivity index (χ3n) is 5.38. The van der Waals surface area contributed by atoms with Crippen LogP contribution in [0.3, 0.4) is 0 Å². The summed E-state index contributed by atoms with van der Waals surface area (Å²) in [6, 6.07) is 8.30. The molecule has 1 aromatic heterocycles. The molecule has 1 amide bonds. The topological polar surface area (TPSA) is 113 Å². The van der Waals surface area contributed by atoms with Gasteiger partial charge in [0, 0.05) is 51.1 Å². The Hall–Kier alpha value is -3.49. The van der Waals surface area contributed by atoms with E-state index in [1.807, 2.05) is 25.1 Å². The van der Waals surface area contributed by atoms with Crippen molar-refractivity contribution >= 4 is 29.4 Å². The molecule has 0 spiro atoms. The van der Waals surface area contributed by atoms with Crippen LogP contribution in [0.15, 0.2) is 42.6 Å². The fourth-order valence-corrected chi connectivity index (χ4v) is 3.54. The van der Waals surface area contributed by atoms with Crippen molar-refractivity contribution in [2.24, 2.45) is 5.92 Å². The van der Waals surface area contributed by atoms with Gasteiger partial charge in [-0.15, -0.1) is 0 Å². The minimum Gasteiger partial charge on any atom is -0.363 e. The van der Waals surface area contributed by atoms with Gasteiger partial charge >= 0.3 is 0 Å². The first-order valence-corrected chi connectivity index (χ1v) is 10.4. The summed E-state index contributed by atoms with van der Waals surface area (Å²) < 4.78 is 0. The number of anilines is 2. The monoisotopic (exact) mass is 424 g/mol. The molecule has 1 aliphatic carbocycles. The number of non-ortho nitro benzene ring substituents is 1. The molecular weight excluding hydrogens is 396 g/mol. The van der Waals surface area contributed by atoms with Gasteiger partial charge in [0.15, 0.2) is 0 Å². The number of nitrogens with one attached hydrogen (secondary N) is 2. The number of nitro benzene ring substituents is 1. The highest BCUT2D eigenvalue weighted by Crippen LogP contribution is 2.25. The molecular formula is C22H28N6O3. The number of nitro groups is 1. The largest absolute Gasteiger partial charge is 0.363 e. The molecule has 1 aliphatic rings. The van der Waals surface area contributed by atoms with Crippen molar-refractivity contribution in [3.05, 3.63) is 58.3 Å². The second-order valence-corrected chi connectivity index (χ2v) is 7.92. The van der Waals surface area contributed by atoms with Crippen LogP contribution in [0.25, 0.3) is 6.08 Å². The Labute approximate surface area is 181 Å². The highest BCUT2D eigenvalue weighted by atomic mass is 16.6.